The molecule has 2 rings (SSSR count). The monoisotopic (exact) mass is 266 g/mol. The molecule has 1 saturated carbocycles. The number of carbonyl (C=O) groups excluding carboxylic acids is 1. The zero-order valence-electron chi connectivity index (χ0n) is 12.7. The first-order valence-electron chi connectivity index (χ1n) is 8.19. The molecule has 1 saturated heterocycles. The maximum Gasteiger partial charge on any atom is 0.222 e. The lowest BCUT2D eigenvalue weighted by atomic mass is 10.0. The van der Waals surface area contributed by atoms with Crippen LogP contribution in [0.5, 0.6) is 0 Å². The number of nitrogens with one attached hydrogen (secondary N) is 1. The highest BCUT2D eigenvalue weighted by atomic mass is 16.2. The van der Waals surface area contributed by atoms with E-state index in [1.165, 1.54) is 38.5 Å². The van der Waals surface area contributed by atoms with Crippen LogP contribution < -0.4 is 5.32 Å². The van der Waals surface area contributed by atoms with Crippen molar-refractivity contribution in [3.8, 4) is 0 Å². The van der Waals surface area contributed by atoms with E-state index in [0.717, 1.165) is 31.8 Å². The van der Waals surface area contributed by atoms with Gasteiger partial charge >= 0.3 is 0 Å². The summed E-state index contributed by atoms with van der Waals surface area (Å²) in [6, 6.07) is 0.858. The van der Waals surface area contributed by atoms with Crippen LogP contribution in [0.15, 0.2) is 0 Å². The topological polar surface area (TPSA) is 32.3 Å². The highest BCUT2D eigenvalue weighted by molar-refractivity contribution is 5.76. The van der Waals surface area contributed by atoms with Crippen molar-refractivity contribution in [2.24, 2.45) is 5.92 Å². The van der Waals surface area contributed by atoms with E-state index in [1.54, 1.807) is 0 Å². The van der Waals surface area contributed by atoms with Gasteiger partial charge in [0.25, 0.3) is 0 Å². The highest BCUT2D eigenvalue weighted by Crippen LogP contribution is 2.28. The van der Waals surface area contributed by atoms with Gasteiger partial charge in [-0.15, -0.1) is 0 Å². The average molecular weight is 266 g/mol. The normalized spacial score (nSPS) is 24.3. The van der Waals surface area contributed by atoms with E-state index < -0.39 is 0 Å². The molecular formula is C16H30N2O. The molecule has 2 fully saturated rings. The van der Waals surface area contributed by atoms with Gasteiger partial charge in [0.1, 0.15) is 0 Å². The minimum atomic E-state index is 0.332. The first-order chi connectivity index (χ1) is 9.16. The van der Waals surface area contributed by atoms with Crippen molar-refractivity contribution in [2.45, 2.75) is 77.3 Å². The third-order valence-corrected chi connectivity index (χ3v) is 4.76. The zero-order valence-corrected chi connectivity index (χ0v) is 12.7. The van der Waals surface area contributed by atoms with Crippen molar-refractivity contribution < 1.29 is 4.79 Å². The molecule has 0 aromatic rings. The summed E-state index contributed by atoms with van der Waals surface area (Å²) in [6.45, 7) is 6.30. The molecule has 0 spiro atoms. The van der Waals surface area contributed by atoms with E-state index in [2.05, 4.69) is 24.1 Å². The van der Waals surface area contributed by atoms with Crippen molar-refractivity contribution in [3.63, 3.8) is 0 Å². The van der Waals surface area contributed by atoms with Gasteiger partial charge in [0.2, 0.25) is 5.91 Å². The predicted octanol–water partition coefficient (Wildman–Crippen LogP) is 2.95. The standard InChI is InChI=1S/C16H30N2O/c1-13(2)18(12-15-8-5-11-17-15)16(19)10-9-14-6-3-4-7-14/h13-15,17H,3-12H2,1-2H3. The zero-order chi connectivity index (χ0) is 13.7. The molecule has 1 amide bonds. The Hall–Kier alpha value is -0.570. The van der Waals surface area contributed by atoms with Crippen LogP contribution in [0, 0.1) is 5.92 Å². The van der Waals surface area contributed by atoms with E-state index >= 15 is 0 Å². The molecule has 1 aliphatic carbocycles. The first kappa shape index (κ1) is 14.8. The summed E-state index contributed by atoms with van der Waals surface area (Å²) >= 11 is 0. The smallest absolute Gasteiger partial charge is 0.222 e. The molecule has 1 N–H and O–H groups in total. The van der Waals surface area contributed by atoms with E-state index in [4.69, 9.17) is 0 Å². The van der Waals surface area contributed by atoms with E-state index in [1.807, 2.05) is 0 Å². The lowest BCUT2D eigenvalue weighted by Crippen LogP contribution is -2.44. The van der Waals surface area contributed by atoms with Crippen molar-refractivity contribution >= 4 is 5.91 Å². The number of nitrogens with zero attached hydrogens (tertiary/aromatic N) is 1. The molecule has 110 valence electrons. The van der Waals surface area contributed by atoms with Crippen LogP contribution in [0.1, 0.15) is 65.2 Å². The Kier molecular flexibility index (Phi) is 5.68. The molecule has 2 aliphatic rings. The largest absolute Gasteiger partial charge is 0.339 e. The summed E-state index contributed by atoms with van der Waals surface area (Å²) in [5.74, 6) is 1.19. The molecule has 1 aliphatic heterocycles. The van der Waals surface area contributed by atoms with Gasteiger partial charge in [-0.1, -0.05) is 25.7 Å². The van der Waals surface area contributed by atoms with Gasteiger partial charge in [-0.05, 0) is 45.6 Å². The number of hydrogen-bond acceptors (Lipinski definition) is 2. The van der Waals surface area contributed by atoms with Crippen molar-refractivity contribution in [3.05, 3.63) is 0 Å². The lowest BCUT2D eigenvalue weighted by Gasteiger charge is -2.30. The molecule has 0 aromatic carbocycles. The van der Waals surface area contributed by atoms with Gasteiger partial charge in [-0.3, -0.25) is 4.79 Å². The van der Waals surface area contributed by atoms with Crippen molar-refractivity contribution in [1.82, 2.24) is 10.2 Å². The summed E-state index contributed by atoms with van der Waals surface area (Å²) in [5, 5.41) is 3.50. The molecule has 3 heteroatoms. The molecule has 1 unspecified atom stereocenters. The average Bonchev–Trinajstić information content (AvgIpc) is 3.05. The molecule has 1 atom stereocenters. The highest BCUT2D eigenvalue weighted by Gasteiger charge is 2.24. The molecule has 3 nitrogen and oxygen atoms in total. The SMILES string of the molecule is CC(C)N(CC1CCCN1)C(=O)CCC1CCCC1. The third kappa shape index (κ3) is 4.48. The summed E-state index contributed by atoms with van der Waals surface area (Å²) in [5.41, 5.74) is 0. The van der Waals surface area contributed by atoms with Crippen molar-refractivity contribution in [2.75, 3.05) is 13.1 Å². The van der Waals surface area contributed by atoms with Gasteiger partial charge in [0.05, 0.1) is 0 Å². The number of rotatable bonds is 6. The third-order valence-electron chi connectivity index (χ3n) is 4.76. The van der Waals surface area contributed by atoms with Crippen LogP contribution in [0.2, 0.25) is 0 Å². The van der Waals surface area contributed by atoms with E-state index in [9.17, 15) is 4.79 Å². The molecule has 1 heterocycles. The number of carbonyl (C=O) groups is 1. The second kappa shape index (κ2) is 7.28. The van der Waals surface area contributed by atoms with Gasteiger partial charge in [-0.2, -0.15) is 0 Å². The summed E-state index contributed by atoms with van der Waals surface area (Å²) in [6.07, 6.45) is 9.79. The summed E-state index contributed by atoms with van der Waals surface area (Å²) in [4.78, 5) is 14.5. The maximum absolute atomic E-state index is 12.4. The minimum absolute atomic E-state index is 0.332. The van der Waals surface area contributed by atoms with Crippen LogP contribution >= 0.6 is 0 Å². The van der Waals surface area contributed by atoms with Gasteiger partial charge in [0.15, 0.2) is 0 Å². The summed E-state index contributed by atoms with van der Waals surface area (Å²) < 4.78 is 0. The van der Waals surface area contributed by atoms with Gasteiger partial charge in [0, 0.05) is 25.0 Å². The van der Waals surface area contributed by atoms with E-state index in [-0.39, 0.29) is 0 Å². The maximum atomic E-state index is 12.4. The van der Waals surface area contributed by atoms with Crippen molar-refractivity contribution in [1.29, 1.82) is 0 Å². The Balaban J connectivity index is 1.77. The molecule has 19 heavy (non-hydrogen) atoms. The van der Waals surface area contributed by atoms with Gasteiger partial charge in [-0.25, -0.2) is 0 Å². The number of hydrogen-bond donors (Lipinski definition) is 1. The Morgan fingerprint density at radius 2 is 1.95 bits per heavy atom. The lowest BCUT2D eigenvalue weighted by molar-refractivity contribution is -0.133. The van der Waals surface area contributed by atoms with Crippen LogP contribution in [0.4, 0.5) is 0 Å². The molecule has 0 aromatic heterocycles. The van der Waals surface area contributed by atoms with Crippen LogP contribution in [0.3, 0.4) is 0 Å². The van der Waals surface area contributed by atoms with Gasteiger partial charge < -0.3 is 10.2 Å². The second-order valence-corrected chi connectivity index (χ2v) is 6.62. The summed E-state index contributed by atoms with van der Waals surface area (Å²) in [7, 11) is 0. The fourth-order valence-electron chi connectivity index (χ4n) is 3.52. The second-order valence-electron chi connectivity index (χ2n) is 6.62. The van der Waals surface area contributed by atoms with Crippen LogP contribution in [-0.2, 0) is 4.79 Å². The van der Waals surface area contributed by atoms with Crippen LogP contribution in [-0.4, -0.2) is 36.0 Å². The minimum Gasteiger partial charge on any atom is -0.339 e. The predicted molar refractivity (Wildman–Crippen MR) is 79.1 cm³/mol. The van der Waals surface area contributed by atoms with Crippen LogP contribution in [0.25, 0.3) is 0 Å². The Bertz CT molecular complexity index is 278. The first-order valence-corrected chi connectivity index (χ1v) is 8.19. The Morgan fingerprint density at radius 1 is 1.21 bits per heavy atom. The molecule has 0 radical (unpaired) electrons. The van der Waals surface area contributed by atoms with E-state index in [0.29, 0.717) is 18.0 Å². The fraction of sp³-hybridized carbons (Fsp3) is 0.938. The quantitative estimate of drug-likeness (QED) is 0.801. The number of amides is 1. The molecule has 0 bridgehead atoms. The fourth-order valence-corrected chi connectivity index (χ4v) is 3.52. The molecular weight excluding hydrogens is 236 g/mol. The Labute approximate surface area is 118 Å². The Morgan fingerprint density at radius 3 is 2.53 bits per heavy atom.